The molecule has 2 amide bonds. The maximum atomic E-state index is 12.6. The minimum Gasteiger partial charge on any atom is -0.389 e. The third-order valence-electron chi connectivity index (χ3n) is 4.73. The number of carbonyl (C=O) groups excluding carboxylic acids is 1. The van der Waals surface area contributed by atoms with Gasteiger partial charge in [0.15, 0.2) is 0 Å². The lowest BCUT2D eigenvalue weighted by molar-refractivity contribution is 0.0118. The first kappa shape index (κ1) is 19.7. The molecule has 2 N–H and O–H groups in total. The molecule has 140 valence electrons. The molecule has 1 aliphatic heterocycles. The highest BCUT2D eigenvalue weighted by Crippen LogP contribution is 2.21. The van der Waals surface area contributed by atoms with E-state index in [0.29, 0.717) is 19.6 Å². The van der Waals surface area contributed by atoms with Gasteiger partial charge in [0.1, 0.15) is 0 Å². The van der Waals surface area contributed by atoms with E-state index in [1.54, 1.807) is 12.4 Å². The summed E-state index contributed by atoms with van der Waals surface area (Å²) in [6.45, 7) is 13.4. The Morgan fingerprint density at radius 1 is 1.28 bits per heavy atom. The van der Waals surface area contributed by atoms with Gasteiger partial charge in [-0.2, -0.15) is 0 Å². The topological polar surface area (TPSA) is 68.7 Å². The van der Waals surface area contributed by atoms with E-state index in [0.717, 1.165) is 18.7 Å². The first-order valence-electron chi connectivity index (χ1n) is 8.98. The summed E-state index contributed by atoms with van der Waals surface area (Å²) in [6, 6.07) is 4.09. The van der Waals surface area contributed by atoms with Crippen LogP contribution in [0, 0.1) is 0 Å². The van der Waals surface area contributed by atoms with Crippen LogP contribution in [0.1, 0.15) is 40.2 Å². The largest absolute Gasteiger partial charge is 0.389 e. The van der Waals surface area contributed by atoms with Crippen molar-refractivity contribution in [3.8, 4) is 0 Å². The monoisotopic (exact) mass is 348 g/mol. The van der Waals surface area contributed by atoms with E-state index in [-0.39, 0.29) is 17.5 Å². The lowest BCUT2D eigenvalue weighted by atomic mass is 9.85. The highest BCUT2D eigenvalue weighted by atomic mass is 16.3. The number of pyridine rings is 1. The van der Waals surface area contributed by atoms with Gasteiger partial charge in [0.05, 0.1) is 5.60 Å². The molecular formula is C19H32N4O2. The fourth-order valence-corrected chi connectivity index (χ4v) is 3.33. The molecule has 1 aromatic heterocycles. The molecule has 6 nitrogen and oxygen atoms in total. The molecule has 1 fully saturated rings. The average molecular weight is 348 g/mol. The quantitative estimate of drug-likeness (QED) is 0.852. The van der Waals surface area contributed by atoms with E-state index in [9.17, 15) is 9.90 Å². The zero-order valence-electron chi connectivity index (χ0n) is 16.1. The number of aromatic nitrogens is 1. The van der Waals surface area contributed by atoms with E-state index in [1.165, 1.54) is 0 Å². The van der Waals surface area contributed by atoms with Gasteiger partial charge in [-0.1, -0.05) is 13.8 Å². The van der Waals surface area contributed by atoms with E-state index < -0.39 is 5.60 Å². The Bertz CT molecular complexity index is 569. The van der Waals surface area contributed by atoms with Gasteiger partial charge in [0, 0.05) is 56.6 Å². The molecule has 0 spiro atoms. The van der Waals surface area contributed by atoms with Crippen LogP contribution in [0.4, 0.5) is 4.79 Å². The number of carbonyl (C=O) groups is 1. The van der Waals surface area contributed by atoms with E-state index in [4.69, 9.17) is 0 Å². The minimum absolute atomic E-state index is 0.0162. The number of β-amino-alcohol motifs (C(OH)–C–C–N with tert-alkyl or cyclic N) is 1. The Morgan fingerprint density at radius 3 is 2.48 bits per heavy atom. The first-order valence-corrected chi connectivity index (χ1v) is 8.98. The van der Waals surface area contributed by atoms with Crippen molar-refractivity contribution in [1.29, 1.82) is 0 Å². The third kappa shape index (κ3) is 5.68. The summed E-state index contributed by atoms with van der Waals surface area (Å²) in [5.41, 5.74) is 0.300. The molecule has 1 saturated heterocycles. The van der Waals surface area contributed by atoms with Crippen molar-refractivity contribution < 1.29 is 9.90 Å². The molecular weight excluding hydrogens is 316 g/mol. The van der Waals surface area contributed by atoms with Gasteiger partial charge in [-0.15, -0.1) is 0 Å². The Hall–Kier alpha value is -1.66. The summed E-state index contributed by atoms with van der Waals surface area (Å²) in [4.78, 5) is 20.8. The lowest BCUT2D eigenvalue weighted by Crippen LogP contribution is -2.58. The Kier molecular flexibility index (Phi) is 6.06. The number of nitrogens with zero attached hydrogens (tertiary/aromatic N) is 3. The number of urea groups is 1. The summed E-state index contributed by atoms with van der Waals surface area (Å²) in [6.07, 6.45) is 3.56. The van der Waals surface area contributed by atoms with E-state index >= 15 is 0 Å². The standard InChI is InChI=1S/C19H32N4O2/c1-15-12-22(14-19(4,5)25)10-11-23(15)17(24)21-13-18(2,3)16-6-8-20-9-7-16/h6-9,15,25H,10-14H2,1-5H3,(H,21,24)/t15-/m1/s1. The number of nitrogens with one attached hydrogen (secondary N) is 1. The maximum Gasteiger partial charge on any atom is 0.317 e. The van der Waals surface area contributed by atoms with Crippen LogP contribution >= 0.6 is 0 Å². The van der Waals surface area contributed by atoms with Crippen molar-refractivity contribution in [3.63, 3.8) is 0 Å². The number of amides is 2. The molecule has 1 aromatic rings. The summed E-state index contributed by atoms with van der Waals surface area (Å²) >= 11 is 0. The van der Waals surface area contributed by atoms with Crippen LogP contribution in [0.2, 0.25) is 0 Å². The van der Waals surface area contributed by atoms with Crippen molar-refractivity contribution in [2.45, 2.75) is 51.7 Å². The smallest absolute Gasteiger partial charge is 0.317 e. The lowest BCUT2D eigenvalue weighted by Gasteiger charge is -2.41. The van der Waals surface area contributed by atoms with E-state index in [2.05, 4.69) is 36.0 Å². The highest BCUT2D eigenvalue weighted by Gasteiger charge is 2.30. The first-order chi connectivity index (χ1) is 11.6. The van der Waals surface area contributed by atoms with Crippen molar-refractivity contribution in [2.24, 2.45) is 0 Å². The molecule has 0 radical (unpaired) electrons. The molecule has 6 heteroatoms. The molecule has 2 rings (SSSR count). The van der Waals surface area contributed by atoms with Crippen LogP contribution in [0.5, 0.6) is 0 Å². The molecule has 1 atom stereocenters. The van der Waals surface area contributed by atoms with Crippen LogP contribution < -0.4 is 5.32 Å². The van der Waals surface area contributed by atoms with Crippen LogP contribution in [0.3, 0.4) is 0 Å². The third-order valence-corrected chi connectivity index (χ3v) is 4.73. The van der Waals surface area contributed by atoms with Crippen LogP contribution in [-0.4, -0.2) is 70.3 Å². The minimum atomic E-state index is -0.710. The zero-order valence-corrected chi connectivity index (χ0v) is 16.1. The second kappa shape index (κ2) is 7.70. The number of hydrogen-bond acceptors (Lipinski definition) is 4. The van der Waals surface area contributed by atoms with Gasteiger partial charge < -0.3 is 15.3 Å². The molecule has 0 aromatic carbocycles. The molecule has 0 saturated carbocycles. The van der Waals surface area contributed by atoms with E-state index in [1.807, 2.05) is 30.9 Å². The van der Waals surface area contributed by atoms with Gasteiger partial charge in [-0.05, 0) is 38.5 Å². The summed E-state index contributed by atoms with van der Waals surface area (Å²) < 4.78 is 0. The molecule has 1 aliphatic rings. The summed E-state index contributed by atoms with van der Waals surface area (Å²) in [5.74, 6) is 0. The SMILES string of the molecule is C[C@@H]1CN(CC(C)(C)O)CCN1C(=O)NCC(C)(C)c1ccncc1. The number of aliphatic hydroxyl groups is 1. The molecule has 0 bridgehead atoms. The fraction of sp³-hybridized carbons (Fsp3) is 0.684. The number of rotatable bonds is 5. The predicted octanol–water partition coefficient (Wildman–Crippen LogP) is 1.85. The average Bonchev–Trinajstić information content (AvgIpc) is 2.52. The second-order valence-electron chi connectivity index (χ2n) is 8.37. The highest BCUT2D eigenvalue weighted by molar-refractivity contribution is 5.74. The van der Waals surface area contributed by atoms with Crippen LogP contribution in [-0.2, 0) is 5.41 Å². The molecule has 0 aliphatic carbocycles. The normalized spacial score (nSPS) is 19.8. The molecule has 25 heavy (non-hydrogen) atoms. The second-order valence-corrected chi connectivity index (χ2v) is 8.37. The number of hydrogen-bond donors (Lipinski definition) is 2. The van der Waals surface area contributed by atoms with Crippen molar-refractivity contribution in [2.75, 3.05) is 32.7 Å². The van der Waals surface area contributed by atoms with Gasteiger partial charge >= 0.3 is 6.03 Å². The van der Waals surface area contributed by atoms with Gasteiger partial charge in [0.2, 0.25) is 0 Å². The summed E-state index contributed by atoms with van der Waals surface area (Å²) in [7, 11) is 0. The number of piperazine rings is 1. The van der Waals surface area contributed by atoms with Crippen molar-refractivity contribution in [3.05, 3.63) is 30.1 Å². The van der Waals surface area contributed by atoms with Crippen molar-refractivity contribution >= 4 is 6.03 Å². The summed E-state index contributed by atoms with van der Waals surface area (Å²) in [5, 5.41) is 13.1. The molecule has 0 unspecified atom stereocenters. The molecule has 2 heterocycles. The Labute approximate surface area is 151 Å². The van der Waals surface area contributed by atoms with Crippen molar-refractivity contribution in [1.82, 2.24) is 20.1 Å². The van der Waals surface area contributed by atoms with Gasteiger partial charge in [-0.25, -0.2) is 4.79 Å². The van der Waals surface area contributed by atoms with Gasteiger partial charge in [0.25, 0.3) is 0 Å². The predicted molar refractivity (Wildman–Crippen MR) is 99.6 cm³/mol. The van der Waals surface area contributed by atoms with Gasteiger partial charge in [-0.3, -0.25) is 9.88 Å². The van der Waals surface area contributed by atoms with Crippen LogP contribution in [0.25, 0.3) is 0 Å². The fourth-order valence-electron chi connectivity index (χ4n) is 3.33. The Balaban J connectivity index is 1.87. The Morgan fingerprint density at radius 2 is 1.92 bits per heavy atom. The maximum absolute atomic E-state index is 12.6. The zero-order chi connectivity index (χ0) is 18.7. The van der Waals surface area contributed by atoms with Crippen LogP contribution in [0.15, 0.2) is 24.5 Å².